The zero-order valence-electron chi connectivity index (χ0n) is 15.4. The zero-order chi connectivity index (χ0) is 18.1. The topological polar surface area (TPSA) is 56.6 Å². The van der Waals surface area contributed by atoms with Crippen LogP contribution in [0.3, 0.4) is 0 Å². The van der Waals surface area contributed by atoms with Crippen LogP contribution in [0.1, 0.15) is 29.8 Å². The van der Waals surface area contributed by atoms with Gasteiger partial charge < -0.3 is 14.4 Å². The molecule has 1 saturated carbocycles. The predicted molar refractivity (Wildman–Crippen MR) is 98.2 cm³/mol. The van der Waals surface area contributed by atoms with E-state index < -0.39 is 0 Å². The Kier molecular flexibility index (Phi) is 4.68. The molecule has 138 valence electrons. The number of ether oxygens (including phenoxy) is 2. The van der Waals surface area contributed by atoms with Crippen LogP contribution in [0.5, 0.6) is 5.75 Å². The third-order valence-electron chi connectivity index (χ3n) is 5.16. The molecule has 6 heteroatoms. The summed E-state index contributed by atoms with van der Waals surface area (Å²) in [6.45, 7) is 2.26. The molecule has 2 aromatic rings. The molecule has 2 heterocycles. The van der Waals surface area contributed by atoms with Crippen molar-refractivity contribution in [2.24, 2.45) is 13.0 Å². The first-order chi connectivity index (χ1) is 12.6. The molecular formula is C20H25N3O3. The van der Waals surface area contributed by atoms with E-state index >= 15 is 0 Å². The minimum absolute atomic E-state index is 0.0201. The minimum atomic E-state index is 0.0201. The molecule has 1 unspecified atom stereocenters. The fourth-order valence-corrected chi connectivity index (χ4v) is 3.36. The van der Waals surface area contributed by atoms with Gasteiger partial charge in [-0.2, -0.15) is 5.10 Å². The van der Waals surface area contributed by atoms with Gasteiger partial charge in [-0.15, -0.1) is 0 Å². The summed E-state index contributed by atoms with van der Waals surface area (Å²) in [5.41, 5.74) is 2.31. The van der Waals surface area contributed by atoms with E-state index in [0.717, 1.165) is 42.5 Å². The van der Waals surface area contributed by atoms with Gasteiger partial charge in [0.1, 0.15) is 11.4 Å². The maximum absolute atomic E-state index is 12.9. The minimum Gasteiger partial charge on any atom is -0.497 e. The van der Waals surface area contributed by atoms with Crippen molar-refractivity contribution < 1.29 is 14.3 Å². The first-order valence-corrected chi connectivity index (χ1v) is 9.23. The highest BCUT2D eigenvalue weighted by Crippen LogP contribution is 2.30. The summed E-state index contributed by atoms with van der Waals surface area (Å²) in [4.78, 5) is 14.8. The highest BCUT2D eigenvalue weighted by atomic mass is 16.5. The quantitative estimate of drug-likeness (QED) is 0.799. The molecule has 2 fully saturated rings. The van der Waals surface area contributed by atoms with Crippen LogP contribution < -0.4 is 4.74 Å². The molecule has 1 amide bonds. The Labute approximate surface area is 153 Å². The molecule has 0 radical (unpaired) electrons. The number of nitrogens with zero attached hydrogens (tertiary/aromatic N) is 3. The summed E-state index contributed by atoms with van der Waals surface area (Å²) in [7, 11) is 3.45. The second-order valence-electron chi connectivity index (χ2n) is 7.21. The number of methoxy groups -OCH3 is 1. The summed E-state index contributed by atoms with van der Waals surface area (Å²) in [6, 6.07) is 9.57. The molecule has 1 atom stereocenters. The van der Waals surface area contributed by atoms with Gasteiger partial charge in [-0.25, -0.2) is 0 Å². The van der Waals surface area contributed by atoms with Gasteiger partial charge in [0, 0.05) is 32.3 Å². The molecular weight excluding hydrogens is 330 g/mol. The summed E-state index contributed by atoms with van der Waals surface area (Å²) in [6.07, 6.45) is 3.67. The Hall–Kier alpha value is -2.34. The van der Waals surface area contributed by atoms with Crippen molar-refractivity contribution in [3.8, 4) is 17.0 Å². The Balaban J connectivity index is 1.45. The molecule has 6 nitrogen and oxygen atoms in total. The Morgan fingerprint density at radius 2 is 2.12 bits per heavy atom. The van der Waals surface area contributed by atoms with Crippen molar-refractivity contribution >= 4 is 5.91 Å². The standard InChI is InChI=1S/C20H25N3O3/c1-22-19(11-18(21-22)15-4-3-5-16(10-15)25-2)20(24)23-9-8-17(12-23)26-13-14-6-7-14/h3-5,10-11,14,17H,6-9,12-13H2,1-2H3. The zero-order valence-corrected chi connectivity index (χ0v) is 15.4. The molecule has 0 spiro atoms. The SMILES string of the molecule is COc1cccc(-c2cc(C(=O)N3CCC(OCC4CC4)C3)n(C)n2)c1. The van der Waals surface area contributed by atoms with E-state index in [1.54, 1.807) is 11.8 Å². The molecule has 1 aromatic heterocycles. The lowest BCUT2D eigenvalue weighted by Crippen LogP contribution is -2.31. The van der Waals surface area contributed by atoms with Gasteiger partial charge in [0.15, 0.2) is 0 Å². The second-order valence-corrected chi connectivity index (χ2v) is 7.21. The van der Waals surface area contributed by atoms with Crippen LogP contribution in [0.2, 0.25) is 0 Å². The Morgan fingerprint density at radius 1 is 1.27 bits per heavy atom. The van der Waals surface area contributed by atoms with E-state index in [9.17, 15) is 4.79 Å². The van der Waals surface area contributed by atoms with Gasteiger partial charge in [-0.1, -0.05) is 12.1 Å². The summed E-state index contributed by atoms with van der Waals surface area (Å²) in [5, 5.41) is 4.52. The molecule has 1 saturated heterocycles. The van der Waals surface area contributed by atoms with Crippen LogP contribution in [0.25, 0.3) is 11.3 Å². The maximum atomic E-state index is 12.9. The number of benzene rings is 1. The number of likely N-dealkylation sites (tertiary alicyclic amines) is 1. The molecule has 0 N–H and O–H groups in total. The molecule has 2 aliphatic rings. The first kappa shape index (κ1) is 17.1. The third-order valence-corrected chi connectivity index (χ3v) is 5.16. The van der Waals surface area contributed by atoms with E-state index in [1.165, 1.54) is 12.8 Å². The number of rotatable bonds is 6. The molecule has 4 rings (SSSR count). The number of aromatic nitrogens is 2. The lowest BCUT2D eigenvalue weighted by Gasteiger charge is -2.16. The monoisotopic (exact) mass is 355 g/mol. The average molecular weight is 355 g/mol. The van der Waals surface area contributed by atoms with Crippen LogP contribution in [-0.2, 0) is 11.8 Å². The highest BCUT2D eigenvalue weighted by molar-refractivity contribution is 5.94. The number of amides is 1. The van der Waals surface area contributed by atoms with E-state index in [2.05, 4.69) is 5.10 Å². The third kappa shape index (κ3) is 3.60. The van der Waals surface area contributed by atoms with E-state index in [0.29, 0.717) is 12.2 Å². The molecule has 1 aliphatic carbocycles. The molecule has 26 heavy (non-hydrogen) atoms. The summed E-state index contributed by atoms with van der Waals surface area (Å²) < 4.78 is 12.9. The van der Waals surface area contributed by atoms with Crippen molar-refractivity contribution in [2.75, 3.05) is 26.8 Å². The fourth-order valence-electron chi connectivity index (χ4n) is 3.36. The number of carbonyl (C=O) groups excluding carboxylic acids is 1. The van der Waals surface area contributed by atoms with Crippen molar-refractivity contribution in [1.29, 1.82) is 0 Å². The van der Waals surface area contributed by atoms with Crippen LogP contribution in [-0.4, -0.2) is 53.5 Å². The van der Waals surface area contributed by atoms with E-state index in [-0.39, 0.29) is 12.0 Å². The summed E-state index contributed by atoms with van der Waals surface area (Å²) in [5.74, 6) is 1.55. The van der Waals surface area contributed by atoms with Crippen LogP contribution in [0.4, 0.5) is 0 Å². The smallest absolute Gasteiger partial charge is 0.272 e. The van der Waals surface area contributed by atoms with Crippen LogP contribution in [0, 0.1) is 5.92 Å². The van der Waals surface area contributed by atoms with Crippen LogP contribution >= 0.6 is 0 Å². The summed E-state index contributed by atoms with van der Waals surface area (Å²) >= 11 is 0. The predicted octanol–water partition coefficient (Wildman–Crippen LogP) is 2.74. The van der Waals surface area contributed by atoms with Crippen molar-refractivity contribution in [2.45, 2.75) is 25.4 Å². The lowest BCUT2D eigenvalue weighted by molar-refractivity contribution is 0.0477. The van der Waals surface area contributed by atoms with Crippen molar-refractivity contribution in [3.05, 3.63) is 36.0 Å². The average Bonchev–Trinajstić information content (AvgIpc) is 3.23. The number of hydrogen-bond donors (Lipinski definition) is 0. The molecule has 1 aromatic carbocycles. The van der Waals surface area contributed by atoms with Gasteiger partial charge in [-0.05, 0) is 43.4 Å². The van der Waals surface area contributed by atoms with Crippen molar-refractivity contribution in [1.82, 2.24) is 14.7 Å². The number of carbonyl (C=O) groups is 1. The number of aryl methyl sites for hydroxylation is 1. The maximum Gasteiger partial charge on any atom is 0.272 e. The lowest BCUT2D eigenvalue weighted by atomic mass is 10.1. The fraction of sp³-hybridized carbons (Fsp3) is 0.500. The molecule has 0 bridgehead atoms. The van der Waals surface area contributed by atoms with Crippen LogP contribution in [0.15, 0.2) is 30.3 Å². The number of hydrogen-bond acceptors (Lipinski definition) is 4. The van der Waals surface area contributed by atoms with Gasteiger partial charge >= 0.3 is 0 Å². The van der Waals surface area contributed by atoms with Crippen molar-refractivity contribution in [3.63, 3.8) is 0 Å². The highest BCUT2D eigenvalue weighted by Gasteiger charge is 2.31. The Morgan fingerprint density at radius 3 is 2.88 bits per heavy atom. The largest absolute Gasteiger partial charge is 0.497 e. The van der Waals surface area contributed by atoms with E-state index in [1.807, 2.05) is 42.3 Å². The normalized spacial score (nSPS) is 19.8. The second kappa shape index (κ2) is 7.11. The van der Waals surface area contributed by atoms with Gasteiger partial charge in [-0.3, -0.25) is 9.48 Å². The van der Waals surface area contributed by atoms with Gasteiger partial charge in [0.2, 0.25) is 0 Å². The van der Waals surface area contributed by atoms with Gasteiger partial charge in [0.25, 0.3) is 5.91 Å². The Bertz CT molecular complexity index is 797. The van der Waals surface area contributed by atoms with Gasteiger partial charge in [0.05, 0.1) is 18.9 Å². The first-order valence-electron chi connectivity index (χ1n) is 9.23. The van der Waals surface area contributed by atoms with E-state index in [4.69, 9.17) is 9.47 Å². The molecule has 1 aliphatic heterocycles.